The van der Waals surface area contributed by atoms with E-state index in [1.54, 1.807) is 0 Å². The van der Waals surface area contributed by atoms with Crippen LogP contribution in [0.3, 0.4) is 0 Å². The van der Waals surface area contributed by atoms with E-state index in [4.69, 9.17) is 28.0 Å². The van der Waals surface area contributed by atoms with Crippen LogP contribution in [0.5, 0.6) is 5.75 Å². The zero-order valence-corrected chi connectivity index (χ0v) is 31.4. The predicted octanol–water partition coefficient (Wildman–Crippen LogP) is -4.33. The minimum Gasteiger partial charge on any atom is -0.508 e. The lowest BCUT2D eigenvalue weighted by Gasteiger charge is -2.28. The molecule has 0 heterocycles. The molecule has 0 fully saturated rings. The summed E-state index contributed by atoms with van der Waals surface area (Å²) >= 11 is 0. The number of carbonyl (C=O) groups is 8. The van der Waals surface area contributed by atoms with Crippen molar-refractivity contribution in [1.29, 1.82) is 0 Å². The van der Waals surface area contributed by atoms with Gasteiger partial charge in [0.1, 0.15) is 36.0 Å². The molecule has 0 radical (unpaired) electrons. The van der Waals surface area contributed by atoms with Crippen molar-refractivity contribution in [3.8, 4) is 5.75 Å². The number of carbonyl (C=O) groups excluding carboxylic acids is 5. The van der Waals surface area contributed by atoms with E-state index in [0.29, 0.717) is 12.0 Å². The first-order valence-electron chi connectivity index (χ1n) is 17.9. The molecule has 1 aromatic rings. The molecule has 1 aromatic carbocycles. The monoisotopic (exact) mass is 810 g/mol. The number of phenolic OH excluding ortho intramolecular Hbond substituents is 1. The zero-order valence-electron chi connectivity index (χ0n) is 31.4. The van der Waals surface area contributed by atoms with Crippen LogP contribution < -0.4 is 49.5 Å². The van der Waals surface area contributed by atoms with E-state index in [-0.39, 0.29) is 63.3 Å². The van der Waals surface area contributed by atoms with E-state index >= 15 is 0 Å². The molecule has 0 aliphatic rings. The molecular weight excluding hydrogens is 756 g/mol. The molecular formula is C34H54N10O13. The number of aliphatic hydroxyl groups excluding tert-OH is 1. The molecule has 0 bridgehead atoms. The molecule has 318 valence electrons. The maximum absolute atomic E-state index is 13.9. The number of rotatable bonds is 27. The molecule has 23 nitrogen and oxygen atoms in total. The number of aromatic hydroxyl groups is 1. The van der Waals surface area contributed by atoms with Crippen molar-refractivity contribution >= 4 is 53.4 Å². The second-order valence-electron chi connectivity index (χ2n) is 13.1. The van der Waals surface area contributed by atoms with Crippen LogP contribution >= 0.6 is 0 Å². The highest BCUT2D eigenvalue weighted by Gasteiger charge is 2.35. The molecule has 0 aromatic heterocycles. The summed E-state index contributed by atoms with van der Waals surface area (Å²) in [5, 5.41) is 59.8. The van der Waals surface area contributed by atoms with Gasteiger partial charge >= 0.3 is 17.9 Å². The number of carboxylic acids is 3. The van der Waals surface area contributed by atoms with Gasteiger partial charge in [0.05, 0.1) is 18.6 Å². The highest BCUT2D eigenvalue weighted by molar-refractivity contribution is 5.97. The second-order valence-corrected chi connectivity index (χ2v) is 13.1. The summed E-state index contributed by atoms with van der Waals surface area (Å²) in [5.74, 6) is -9.76. The lowest BCUT2D eigenvalue weighted by molar-refractivity contribution is -0.143. The third kappa shape index (κ3) is 19.4. The quantitative estimate of drug-likeness (QED) is 0.0227. The maximum Gasteiger partial charge on any atom is 0.326 e. The number of phenols is 1. The second kappa shape index (κ2) is 25.2. The average molecular weight is 811 g/mol. The molecule has 5 amide bonds. The largest absolute Gasteiger partial charge is 0.508 e. The van der Waals surface area contributed by atoms with Crippen LogP contribution in [-0.4, -0.2) is 134 Å². The Hall–Kier alpha value is -6.07. The number of aliphatic hydroxyl groups is 1. The summed E-state index contributed by atoms with van der Waals surface area (Å²) in [6, 6.07) is -3.96. The van der Waals surface area contributed by atoms with Gasteiger partial charge in [0.25, 0.3) is 0 Å². The molecule has 0 aliphatic carbocycles. The van der Waals surface area contributed by atoms with E-state index in [0.717, 1.165) is 6.92 Å². The van der Waals surface area contributed by atoms with Crippen molar-refractivity contribution in [2.24, 2.45) is 27.9 Å². The van der Waals surface area contributed by atoms with Crippen LogP contribution in [0.2, 0.25) is 0 Å². The molecule has 0 spiro atoms. The van der Waals surface area contributed by atoms with Crippen LogP contribution in [0.25, 0.3) is 0 Å². The molecule has 0 saturated heterocycles. The number of carboxylic acid groups (broad SMARTS) is 3. The number of nitrogens with two attached hydrogens (primary N) is 4. The van der Waals surface area contributed by atoms with Gasteiger partial charge < -0.3 is 75.1 Å². The topological polar surface area (TPSA) is 414 Å². The SMILES string of the molecule is CC(O)C(NC(=O)C(CCCCN)NC(=O)C(Cc1ccc(O)cc1)NC(=O)C(CC(=O)O)NC(=O)C(N)CCC(=O)O)C(=O)NC(CCCN=C(N)N)C(=O)O. The highest BCUT2D eigenvalue weighted by Crippen LogP contribution is 2.13. The Morgan fingerprint density at radius 3 is 1.77 bits per heavy atom. The van der Waals surface area contributed by atoms with Crippen molar-refractivity contribution in [2.75, 3.05) is 13.1 Å². The number of benzene rings is 1. The number of aliphatic carboxylic acids is 3. The summed E-state index contributed by atoms with van der Waals surface area (Å²) in [5.41, 5.74) is 22.3. The summed E-state index contributed by atoms with van der Waals surface area (Å²) in [6.07, 6.45) is -3.03. The number of amides is 5. The standard InChI is InChI=1S/C34H54N10O13/c1-17(45)27(32(55)41-22(33(56)57)6-4-14-39-34(37)38)44-29(52)21(5-2-3-13-35)40-30(53)23(15-18-7-9-19(46)10-8-18)43-31(54)24(16-26(49)50)42-28(51)20(36)11-12-25(47)48/h7-10,17,20-24,27,45-46H,2-6,11-16,35-36H2,1H3,(H,40,53)(H,41,55)(H,42,51)(H,43,54)(H,44,52)(H,47,48)(H,49,50)(H,56,57)(H4,37,38,39). The van der Waals surface area contributed by atoms with E-state index in [2.05, 4.69) is 31.6 Å². The number of hydrogen-bond acceptors (Lipinski definition) is 13. The lowest BCUT2D eigenvalue weighted by atomic mass is 10.0. The van der Waals surface area contributed by atoms with Crippen molar-refractivity contribution in [3.63, 3.8) is 0 Å². The van der Waals surface area contributed by atoms with Gasteiger partial charge in [0.2, 0.25) is 29.5 Å². The Morgan fingerprint density at radius 2 is 1.23 bits per heavy atom. The van der Waals surface area contributed by atoms with Gasteiger partial charge in [0.15, 0.2) is 5.96 Å². The van der Waals surface area contributed by atoms with Crippen molar-refractivity contribution in [2.45, 2.75) is 107 Å². The van der Waals surface area contributed by atoms with Crippen LogP contribution in [0.1, 0.15) is 63.9 Å². The average Bonchev–Trinajstić information content (AvgIpc) is 3.12. The Bertz CT molecular complexity index is 1570. The van der Waals surface area contributed by atoms with Crippen LogP contribution in [0.4, 0.5) is 0 Å². The number of guanidine groups is 1. The molecule has 1 rings (SSSR count). The molecule has 7 unspecified atom stereocenters. The van der Waals surface area contributed by atoms with E-state index in [1.807, 2.05) is 0 Å². The lowest BCUT2D eigenvalue weighted by Crippen LogP contribution is -2.61. The number of nitrogens with zero attached hydrogens (tertiary/aromatic N) is 1. The smallest absolute Gasteiger partial charge is 0.326 e. The summed E-state index contributed by atoms with van der Waals surface area (Å²) in [6.45, 7) is 1.43. The molecule has 23 heteroatoms. The first-order valence-corrected chi connectivity index (χ1v) is 17.9. The van der Waals surface area contributed by atoms with Crippen molar-refractivity contribution in [3.05, 3.63) is 29.8 Å². The number of nitrogens with one attached hydrogen (secondary N) is 5. The first kappa shape index (κ1) is 48.9. The van der Waals surface area contributed by atoms with Crippen LogP contribution in [0.15, 0.2) is 29.3 Å². The number of aliphatic imine (C=N–C) groups is 1. The predicted molar refractivity (Wildman–Crippen MR) is 201 cm³/mol. The van der Waals surface area contributed by atoms with E-state index in [1.165, 1.54) is 24.3 Å². The Balaban J connectivity index is 3.38. The van der Waals surface area contributed by atoms with E-state index < -0.39 is 103 Å². The Labute approximate surface area is 327 Å². The summed E-state index contributed by atoms with van der Waals surface area (Å²) < 4.78 is 0. The Morgan fingerprint density at radius 1 is 0.684 bits per heavy atom. The fourth-order valence-electron chi connectivity index (χ4n) is 5.14. The van der Waals surface area contributed by atoms with Gasteiger partial charge in [-0.2, -0.15) is 0 Å². The third-order valence-corrected chi connectivity index (χ3v) is 8.23. The first-order chi connectivity index (χ1) is 26.7. The van der Waals surface area contributed by atoms with Crippen molar-refractivity contribution in [1.82, 2.24) is 26.6 Å². The number of unbranched alkanes of at least 4 members (excludes halogenated alkanes) is 1. The summed E-state index contributed by atoms with van der Waals surface area (Å²) in [4.78, 5) is 105. The molecule has 0 aliphatic heterocycles. The fraction of sp³-hybridized carbons (Fsp3) is 0.559. The molecule has 57 heavy (non-hydrogen) atoms. The molecule has 0 saturated carbocycles. The fourth-order valence-corrected chi connectivity index (χ4v) is 5.14. The van der Waals surface area contributed by atoms with Gasteiger partial charge in [-0.15, -0.1) is 0 Å². The highest BCUT2D eigenvalue weighted by atomic mass is 16.4. The van der Waals surface area contributed by atoms with Crippen LogP contribution in [-0.2, 0) is 44.8 Å². The zero-order chi connectivity index (χ0) is 43.2. The molecule has 18 N–H and O–H groups in total. The number of hydrogen-bond donors (Lipinski definition) is 14. The van der Waals surface area contributed by atoms with Crippen LogP contribution in [0, 0.1) is 0 Å². The normalized spacial score (nSPS) is 14.5. The van der Waals surface area contributed by atoms with Gasteiger partial charge in [-0.05, 0) is 69.7 Å². The van der Waals surface area contributed by atoms with Gasteiger partial charge in [-0.3, -0.25) is 38.6 Å². The minimum atomic E-state index is -1.80. The van der Waals surface area contributed by atoms with Gasteiger partial charge in [-0.25, -0.2) is 4.79 Å². The van der Waals surface area contributed by atoms with Gasteiger partial charge in [-0.1, -0.05) is 12.1 Å². The van der Waals surface area contributed by atoms with E-state index in [9.17, 15) is 58.8 Å². The Kier molecular flexibility index (Phi) is 21.6. The third-order valence-electron chi connectivity index (χ3n) is 8.23. The minimum absolute atomic E-state index is 0.0640. The summed E-state index contributed by atoms with van der Waals surface area (Å²) in [7, 11) is 0. The maximum atomic E-state index is 13.9. The molecule has 7 atom stereocenters. The van der Waals surface area contributed by atoms with Crippen molar-refractivity contribution < 1.29 is 63.9 Å². The van der Waals surface area contributed by atoms with Gasteiger partial charge in [0, 0.05) is 19.4 Å².